The maximum Gasteiger partial charge on any atom is 0.407 e. The van der Waals surface area contributed by atoms with Crippen LogP contribution in [0, 0.1) is 13.8 Å². The number of carbonyl (C=O) groups is 2. The lowest BCUT2D eigenvalue weighted by molar-refractivity contribution is -0.139. The first-order chi connectivity index (χ1) is 15.8. The van der Waals surface area contributed by atoms with Crippen LogP contribution in [0.3, 0.4) is 0 Å². The molecule has 170 valence electrons. The summed E-state index contributed by atoms with van der Waals surface area (Å²) >= 11 is 6.22. The molecule has 3 aromatic carbocycles. The van der Waals surface area contributed by atoms with Gasteiger partial charge < -0.3 is 15.2 Å². The average molecular weight is 464 g/mol. The summed E-state index contributed by atoms with van der Waals surface area (Å²) in [4.78, 5) is 24.2. The van der Waals surface area contributed by atoms with Crippen LogP contribution in [0.2, 0.25) is 5.02 Å². The summed E-state index contributed by atoms with van der Waals surface area (Å²) in [5.74, 6) is -1.17. The SMILES string of the molecule is Cc1cc(CCC(NC(=O)OCC2c3ccccc3-c3ccccc32)C(=O)O)cc(C)c1Cl. The number of carboxylic acids is 1. The lowest BCUT2D eigenvalue weighted by Gasteiger charge is -2.18. The van der Waals surface area contributed by atoms with Crippen LogP contribution in [-0.4, -0.2) is 29.8 Å². The van der Waals surface area contributed by atoms with E-state index in [1.807, 2.05) is 62.4 Å². The maximum atomic E-state index is 12.5. The molecular weight excluding hydrogens is 438 g/mol. The van der Waals surface area contributed by atoms with Crippen molar-refractivity contribution in [2.75, 3.05) is 6.61 Å². The Hall–Kier alpha value is -3.31. The smallest absolute Gasteiger partial charge is 0.407 e. The van der Waals surface area contributed by atoms with E-state index in [2.05, 4.69) is 17.4 Å². The highest BCUT2D eigenvalue weighted by Crippen LogP contribution is 2.44. The summed E-state index contributed by atoms with van der Waals surface area (Å²) in [6.45, 7) is 3.98. The van der Waals surface area contributed by atoms with E-state index in [4.69, 9.17) is 16.3 Å². The molecule has 1 amide bonds. The van der Waals surface area contributed by atoms with Crippen molar-refractivity contribution in [3.05, 3.63) is 93.5 Å². The number of halogens is 1. The summed E-state index contributed by atoms with van der Waals surface area (Å²) in [5.41, 5.74) is 7.36. The van der Waals surface area contributed by atoms with Crippen LogP contribution < -0.4 is 5.32 Å². The predicted octanol–water partition coefficient (Wildman–Crippen LogP) is 5.88. The van der Waals surface area contributed by atoms with E-state index in [1.165, 1.54) is 0 Å². The summed E-state index contributed by atoms with van der Waals surface area (Å²) < 4.78 is 5.50. The normalized spacial score (nSPS) is 13.2. The quantitative estimate of drug-likeness (QED) is 0.458. The molecule has 1 unspecified atom stereocenters. The number of carboxylic acid groups (broad SMARTS) is 1. The third-order valence-corrected chi connectivity index (χ3v) is 6.75. The van der Waals surface area contributed by atoms with Crippen LogP contribution in [0.5, 0.6) is 0 Å². The molecule has 6 heteroatoms. The molecule has 0 aliphatic heterocycles. The minimum Gasteiger partial charge on any atom is -0.480 e. The molecule has 4 rings (SSSR count). The maximum absolute atomic E-state index is 12.5. The second-order valence-corrected chi connectivity index (χ2v) is 8.82. The van der Waals surface area contributed by atoms with Crippen molar-refractivity contribution >= 4 is 23.7 Å². The Bertz CT molecular complexity index is 1140. The van der Waals surface area contributed by atoms with E-state index in [9.17, 15) is 14.7 Å². The number of hydrogen-bond acceptors (Lipinski definition) is 3. The van der Waals surface area contributed by atoms with Crippen LogP contribution in [0.25, 0.3) is 11.1 Å². The van der Waals surface area contributed by atoms with Gasteiger partial charge in [0.1, 0.15) is 12.6 Å². The van der Waals surface area contributed by atoms with Gasteiger partial charge in [-0.25, -0.2) is 9.59 Å². The molecule has 0 spiro atoms. The number of hydrogen-bond donors (Lipinski definition) is 2. The van der Waals surface area contributed by atoms with E-state index in [0.717, 1.165) is 38.9 Å². The third-order valence-electron chi connectivity index (χ3n) is 6.15. The standard InChI is InChI=1S/C27H26ClNO4/c1-16-13-18(14-17(2)25(16)28)11-12-24(26(30)31)29-27(32)33-15-23-21-9-5-3-7-19(21)20-8-4-6-10-22(20)23/h3-10,13-14,23-24H,11-12,15H2,1-2H3,(H,29,32)(H,30,31). The number of fused-ring (bicyclic) bond motifs is 3. The van der Waals surface area contributed by atoms with E-state index in [1.54, 1.807) is 0 Å². The van der Waals surface area contributed by atoms with Gasteiger partial charge in [0.25, 0.3) is 0 Å². The van der Waals surface area contributed by atoms with Gasteiger partial charge in [-0.1, -0.05) is 72.3 Å². The summed E-state index contributed by atoms with van der Waals surface area (Å²) in [6.07, 6.45) is 0.0206. The second-order valence-electron chi connectivity index (χ2n) is 8.44. The predicted molar refractivity (Wildman–Crippen MR) is 129 cm³/mol. The van der Waals surface area contributed by atoms with Crippen LogP contribution in [-0.2, 0) is 16.0 Å². The Morgan fingerprint density at radius 1 is 1.00 bits per heavy atom. The minimum atomic E-state index is -1.09. The van der Waals surface area contributed by atoms with Crippen molar-refractivity contribution in [3.63, 3.8) is 0 Å². The second kappa shape index (κ2) is 9.67. The highest BCUT2D eigenvalue weighted by atomic mass is 35.5. The largest absolute Gasteiger partial charge is 0.480 e. The Kier molecular flexibility index (Phi) is 6.70. The topological polar surface area (TPSA) is 75.6 Å². The van der Waals surface area contributed by atoms with Crippen molar-refractivity contribution < 1.29 is 19.4 Å². The molecule has 0 heterocycles. The highest BCUT2D eigenvalue weighted by Gasteiger charge is 2.29. The van der Waals surface area contributed by atoms with Crippen molar-refractivity contribution in [3.8, 4) is 11.1 Å². The van der Waals surface area contributed by atoms with Gasteiger partial charge in [0.05, 0.1) is 0 Å². The number of benzene rings is 3. The number of nitrogens with one attached hydrogen (secondary N) is 1. The molecule has 5 nitrogen and oxygen atoms in total. The molecule has 33 heavy (non-hydrogen) atoms. The van der Waals surface area contributed by atoms with E-state index < -0.39 is 18.1 Å². The first kappa shape index (κ1) is 22.9. The minimum absolute atomic E-state index is 0.0774. The van der Waals surface area contributed by atoms with Gasteiger partial charge in [0.15, 0.2) is 0 Å². The molecule has 1 atom stereocenters. The molecule has 1 aliphatic rings. The summed E-state index contributed by atoms with van der Waals surface area (Å²) in [7, 11) is 0. The Morgan fingerprint density at radius 3 is 2.09 bits per heavy atom. The number of aryl methyl sites for hydroxylation is 3. The number of amides is 1. The van der Waals surface area contributed by atoms with E-state index >= 15 is 0 Å². The summed E-state index contributed by atoms with van der Waals surface area (Å²) in [5, 5.41) is 12.8. The molecule has 0 saturated heterocycles. The number of ether oxygens (including phenoxy) is 1. The zero-order chi connectivity index (χ0) is 23.5. The lowest BCUT2D eigenvalue weighted by Crippen LogP contribution is -2.41. The molecule has 0 bridgehead atoms. The molecule has 0 saturated carbocycles. The van der Waals surface area contributed by atoms with Gasteiger partial charge in [0.2, 0.25) is 0 Å². The van der Waals surface area contributed by atoms with Gasteiger partial charge >= 0.3 is 12.1 Å². The van der Waals surface area contributed by atoms with E-state index in [0.29, 0.717) is 11.4 Å². The Balaban J connectivity index is 1.39. The summed E-state index contributed by atoms with van der Waals surface area (Å²) in [6, 6.07) is 19.0. The first-order valence-corrected chi connectivity index (χ1v) is 11.3. The zero-order valence-corrected chi connectivity index (χ0v) is 19.4. The lowest BCUT2D eigenvalue weighted by atomic mass is 9.98. The van der Waals surface area contributed by atoms with Crippen molar-refractivity contribution in [1.82, 2.24) is 5.32 Å². The molecule has 1 aliphatic carbocycles. The average Bonchev–Trinajstić information content (AvgIpc) is 3.12. The molecule has 2 N–H and O–H groups in total. The Morgan fingerprint density at radius 2 is 1.55 bits per heavy atom. The van der Waals surface area contributed by atoms with Crippen molar-refractivity contribution in [2.24, 2.45) is 0 Å². The third kappa shape index (κ3) is 4.88. The van der Waals surface area contributed by atoms with Gasteiger partial charge in [-0.15, -0.1) is 0 Å². The fraction of sp³-hybridized carbons (Fsp3) is 0.259. The van der Waals surface area contributed by atoms with Crippen molar-refractivity contribution in [2.45, 2.75) is 38.6 Å². The molecular formula is C27H26ClNO4. The van der Waals surface area contributed by atoms with Gasteiger partial charge in [0, 0.05) is 10.9 Å². The van der Waals surface area contributed by atoms with Crippen LogP contribution in [0.4, 0.5) is 4.79 Å². The molecule has 0 aromatic heterocycles. The van der Waals surface area contributed by atoms with Crippen molar-refractivity contribution in [1.29, 1.82) is 0 Å². The fourth-order valence-electron chi connectivity index (χ4n) is 4.53. The molecule has 0 radical (unpaired) electrons. The van der Waals surface area contributed by atoms with Crippen LogP contribution in [0.15, 0.2) is 60.7 Å². The molecule has 3 aromatic rings. The van der Waals surface area contributed by atoms with Gasteiger partial charge in [-0.05, 0) is 65.6 Å². The monoisotopic (exact) mass is 463 g/mol. The van der Waals surface area contributed by atoms with Crippen LogP contribution >= 0.6 is 11.6 Å². The van der Waals surface area contributed by atoms with Gasteiger partial charge in [-0.3, -0.25) is 0 Å². The number of aliphatic carboxylic acids is 1. The fourth-order valence-corrected chi connectivity index (χ4v) is 4.64. The zero-order valence-electron chi connectivity index (χ0n) is 18.6. The van der Waals surface area contributed by atoms with E-state index in [-0.39, 0.29) is 18.9 Å². The number of alkyl carbamates (subject to hydrolysis) is 1. The highest BCUT2D eigenvalue weighted by molar-refractivity contribution is 6.32. The Labute approximate surface area is 198 Å². The number of rotatable bonds is 7. The first-order valence-electron chi connectivity index (χ1n) is 10.9. The van der Waals surface area contributed by atoms with Crippen LogP contribution in [0.1, 0.15) is 40.2 Å². The number of carbonyl (C=O) groups excluding carboxylic acids is 1. The molecule has 0 fully saturated rings. The van der Waals surface area contributed by atoms with Gasteiger partial charge in [-0.2, -0.15) is 0 Å².